The number of fused-ring (bicyclic) bond motifs is 1. The second-order valence-electron chi connectivity index (χ2n) is 7.56. The van der Waals surface area contributed by atoms with E-state index >= 15 is 0 Å². The van der Waals surface area contributed by atoms with E-state index in [1.807, 2.05) is 60.7 Å². The minimum atomic E-state index is -0.616. The number of hydrogen-bond acceptors (Lipinski definition) is 5. The zero-order chi connectivity index (χ0) is 23.7. The first-order valence-corrected chi connectivity index (χ1v) is 11.9. The minimum absolute atomic E-state index is 0.299. The van der Waals surface area contributed by atoms with Gasteiger partial charge in [-0.3, -0.25) is 4.79 Å². The van der Waals surface area contributed by atoms with E-state index in [9.17, 15) is 9.59 Å². The third-order valence-electron chi connectivity index (χ3n) is 5.36. The maximum absolute atomic E-state index is 13.5. The molecule has 0 fully saturated rings. The molecule has 5 aromatic rings. The molecule has 0 bridgehead atoms. The van der Waals surface area contributed by atoms with Crippen molar-refractivity contribution in [2.75, 3.05) is 0 Å². The second-order valence-corrected chi connectivity index (χ2v) is 9.35. The van der Waals surface area contributed by atoms with Crippen LogP contribution < -0.4 is 9.68 Å². The number of rotatable bonds is 5. The van der Waals surface area contributed by atoms with Gasteiger partial charge in [0.2, 0.25) is 0 Å². The minimum Gasteiger partial charge on any atom is -0.426 e. The Kier molecular flexibility index (Phi) is 6.24. The number of hydrogen-bond donors (Lipinski definition) is 0. The molecule has 4 aromatic carbocycles. The molecule has 0 aliphatic heterocycles. The predicted molar refractivity (Wildman–Crippen MR) is 136 cm³/mol. The molecule has 4 nitrogen and oxygen atoms in total. The zero-order valence-corrected chi connectivity index (χ0v) is 19.9. The van der Waals surface area contributed by atoms with Crippen molar-refractivity contribution in [1.82, 2.24) is 0 Å². The van der Waals surface area contributed by atoms with Gasteiger partial charge in [-0.15, -0.1) is 0 Å². The summed E-state index contributed by atoms with van der Waals surface area (Å²) >= 11 is 13.2. The van der Waals surface area contributed by atoms with Crippen molar-refractivity contribution in [1.29, 1.82) is 0 Å². The van der Waals surface area contributed by atoms with Crippen LogP contribution in [0, 0.1) is 0 Å². The van der Waals surface area contributed by atoms with Gasteiger partial charge in [0, 0.05) is 11.6 Å². The molecule has 1 heterocycles. The molecule has 0 amide bonds. The zero-order valence-electron chi connectivity index (χ0n) is 17.5. The van der Waals surface area contributed by atoms with Crippen molar-refractivity contribution in [3.8, 4) is 16.9 Å². The molecule has 0 aliphatic rings. The fourth-order valence-electron chi connectivity index (χ4n) is 3.82. The maximum Gasteiger partial charge on any atom is 0.396 e. The van der Waals surface area contributed by atoms with E-state index in [0.29, 0.717) is 37.2 Å². The summed E-state index contributed by atoms with van der Waals surface area (Å²) < 4.78 is 11.9. The Hall–Kier alpha value is -3.38. The molecular formula is C27H16Cl2O4S. The molecular weight excluding hydrogens is 491 g/mol. The van der Waals surface area contributed by atoms with Crippen LogP contribution in [0.4, 0.5) is 0 Å². The number of esters is 1. The summed E-state index contributed by atoms with van der Waals surface area (Å²) in [4.78, 5) is 25.0. The van der Waals surface area contributed by atoms with Crippen LogP contribution in [-0.4, -0.2) is 5.97 Å². The van der Waals surface area contributed by atoms with Crippen molar-refractivity contribution in [3.05, 3.63) is 122 Å². The van der Waals surface area contributed by atoms with E-state index in [-0.39, 0.29) is 0 Å². The van der Waals surface area contributed by atoms with Gasteiger partial charge in [0.15, 0.2) is 5.58 Å². The summed E-state index contributed by atoms with van der Waals surface area (Å²) in [6.45, 7) is 0. The summed E-state index contributed by atoms with van der Waals surface area (Å²) in [5, 5.41) is 0.769. The van der Waals surface area contributed by atoms with Crippen LogP contribution in [0.3, 0.4) is 0 Å². The van der Waals surface area contributed by atoms with Gasteiger partial charge < -0.3 is 9.15 Å². The Morgan fingerprint density at radius 1 is 0.824 bits per heavy atom. The van der Waals surface area contributed by atoms with Crippen LogP contribution in [0.25, 0.3) is 21.4 Å². The fraction of sp³-hybridized carbons (Fsp3) is 0.0370. The van der Waals surface area contributed by atoms with Crippen LogP contribution in [-0.2, 0) is 4.79 Å². The van der Waals surface area contributed by atoms with E-state index in [1.165, 1.54) is 0 Å². The molecule has 168 valence electrons. The number of ether oxygens (including phenoxy) is 1. The average Bonchev–Trinajstić information content (AvgIpc) is 3.22. The van der Waals surface area contributed by atoms with Gasteiger partial charge in [0.1, 0.15) is 11.7 Å². The average molecular weight is 507 g/mol. The molecule has 0 saturated carbocycles. The lowest BCUT2D eigenvalue weighted by molar-refractivity contribution is -0.135. The van der Waals surface area contributed by atoms with Gasteiger partial charge in [-0.25, -0.2) is 4.79 Å². The van der Waals surface area contributed by atoms with E-state index in [1.54, 1.807) is 30.3 Å². The smallest absolute Gasteiger partial charge is 0.396 e. The van der Waals surface area contributed by atoms with Crippen molar-refractivity contribution in [2.24, 2.45) is 0 Å². The van der Waals surface area contributed by atoms with Crippen LogP contribution in [0.2, 0.25) is 10.0 Å². The first kappa shape index (κ1) is 22.4. The normalized spacial score (nSPS) is 11.1. The number of benzene rings is 4. The SMILES string of the molecule is O=C(Oc1cc(-c2ccc(Cl)c(Cl)c2)c2oc(=O)sc2c1)C(c1ccccc1)c1ccccc1. The van der Waals surface area contributed by atoms with Gasteiger partial charge in [-0.05, 0) is 34.9 Å². The van der Waals surface area contributed by atoms with E-state index in [4.69, 9.17) is 32.4 Å². The van der Waals surface area contributed by atoms with Crippen molar-refractivity contribution in [2.45, 2.75) is 5.92 Å². The molecule has 0 N–H and O–H groups in total. The Morgan fingerprint density at radius 3 is 2.09 bits per heavy atom. The molecule has 5 rings (SSSR count). The Morgan fingerprint density at radius 2 is 1.47 bits per heavy atom. The number of halogens is 2. The summed E-state index contributed by atoms with van der Waals surface area (Å²) in [5.41, 5.74) is 3.29. The number of carbonyl (C=O) groups is 1. The molecule has 1 aromatic heterocycles. The molecule has 0 unspecified atom stereocenters. The van der Waals surface area contributed by atoms with Crippen molar-refractivity contribution in [3.63, 3.8) is 0 Å². The lowest BCUT2D eigenvalue weighted by atomic mass is 9.91. The Bertz CT molecular complexity index is 1500. The third-order valence-corrected chi connectivity index (χ3v) is 6.87. The molecule has 0 aliphatic carbocycles. The monoisotopic (exact) mass is 506 g/mol. The Labute approximate surface area is 209 Å². The standard InChI is InChI=1S/C27H16Cl2O4S/c28-21-12-11-18(13-22(21)29)20-14-19(15-23-25(20)33-27(31)34-23)32-26(30)24(16-7-3-1-4-8-16)17-9-5-2-6-10-17/h1-15,24H. The molecule has 0 saturated heterocycles. The summed E-state index contributed by atoms with van der Waals surface area (Å²) in [6, 6.07) is 27.3. The van der Waals surface area contributed by atoms with Gasteiger partial charge in [-0.1, -0.05) is 101 Å². The van der Waals surface area contributed by atoms with Gasteiger partial charge in [0.05, 0.1) is 14.7 Å². The van der Waals surface area contributed by atoms with Crippen LogP contribution in [0.5, 0.6) is 5.75 Å². The first-order valence-electron chi connectivity index (χ1n) is 10.3. The first-order chi connectivity index (χ1) is 16.5. The van der Waals surface area contributed by atoms with E-state index in [0.717, 1.165) is 22.5 Å². The number of carbonyl (C=O) groups excluding carboxylic acids is 1. The largest absolute Gasteiger partial charge is 0.426 e. The van der Waals surface area contributed by atoms with Crippen LogP contribution in [0.1, 0.15) is 17.0 Å². The second kappa shape index (κ2) is 9.47. The third kappa shape index (κ3) is 4.50. The fourth-order valence-corrected chi connectivity index (χ4v) is 4.84. The van der Waals surface area contributed by atoms with Crippen LogP contribution in [0.15, 0.2) is 100 Å². The summed E-state index contributed by atoms with van der Waals surface area (Å²) in [6.07, 6.45) is 0. The lowest BCUT2D eigenvalue weighted by Crippen LogP contribution is -2.20. The molecule has 0 radical (unpaired) electrons. The molecule has 34 heavy (non-hydrogen) atoms. The van der Waals surface area contributed by atoms with E-state index < -0.39 is 16.8 Å². The Balaban J connectivity index is 1.58. The highest BCUT2D eigenvalue weighted by molar-refractivity contribution is 7.16. The van der Waals surface area contributed by atoms with Crippen molar-refractivity contribution >= 4 is 50.8 Å². The van der Waals surface area contributed by atoms with E-state index in [2.05, 4.69) is 0 Å². The van der Waals surface area contributed by atoms with Crippen molar-refractivity contribution < 1.29 is 13.9 Å². The summed E-state index contributed by atoms with van der Waals surface area (Å²) in [5.74, 6) is -0.755. The lowest BCUT2D eigenvalue weighted by Gasteiger charge is -2.17. The molecule has 7 heteroatoms. The highest BCUT2D eigenvalue weighted by atomic mass is 35.5. The topological polar surface area (TPSA) is 56.5 Å². The quantitative estimate of drug-likeness (QED) is 0.182. The highest BCUT2D eigenvalue weighted by Crippen LogP contribution is 2.37. The van der Waals surface area contributed by atoms with Gasteiger partial charge in [-0.2, -0.15) is 0 Å². The van der Waals surface area contributed by atoms with Crippen LogP contribution >= 0.6 is 34.5 Å². The molecule has 0 atom stereocenters. The predicted octanol–water partition coefficient (Wildman–Crippen LogP) is 7.57. The molecule has 0 spiro atoms. The van der Waals surface area contributed by atoms with Gasteiger partial charge in [0.25, 0.3) is 0 Å². The van der Waals surface area contributed by atoms with Gasteiger partial charge >= 0.3 is 10.9 Å². The summed E-state index contributed by atoms with van der Waals surface area (Å²) in [7, 11) is 0. The highest BCUT2D eigenvalue weighted by Gasteiger charge is 2.25. The maximum atomic E-state index is 13.5.